The van der Waals surface area contributed by atoms with Crippen molar-refractivity contribution in [2.24, 2.45) is 0 Å². The Morgan fingerprint density at radius 2 is 1.67 bits per heavy atom. The fourth-order valence-corrected chi connectivity index (χ4v) is 2.57. The first-order chi connectivity index (χ1) is 12.9. The monoisotopic (exact) mass is 365 g/mol. The molecule has 1 amide bonds. The Labute approximate surface area is 158 Å². The van der Waals surface area contributed by atoms with Gasteiger partial charge in [0.25, 0.3) is 0 Å². The number of aromatic nitrogens is 2. The van der Waals surface area contributed by atoms with Crippen molar-refractivity contribution in [2.45, 2.75) is 38.8 Å². The number of carbonyl (C=O) groups is 1. The summed E-state index contributed by atoms with van der Waals surface area (Å²) in [5.41, 5.74) is 1.27. The lowest BCUT2D eigenvalue weighted by Gasteiger charge is -2.22. The summed E-state index contributed by atoms with van der Waals surface area (Å²) in [6.45, 7) is 5.46. The van der Waals surface area contributed by atoms with Crippen LogP contribution in [0.2, 0.25) is 0 Å². The third kappa shape index (κ3) is 5.41. The highest BCUT2D eigenvalue weighted by Crippen LogP contribution is 2.23. The molecule has 1 aromatic heterocycles. The van der Waals surface area contributed by atoms with Gasteiger partial charge >= 0.3 is 6.09 Å². The first kappa shape index (κ1) is 18.6. The van der Waals surface area contributed by atoms with E-state index in [4.69, 9.17) is 9.15 Å². The molecule has 0 bridgehead atoms. The van der Waals surface area contributed by atoms with Gasteiger partial charge in [0, 0.05) is 12.0 Å². The number of ether oxygens (including phenoxy) is 1. The van der Waals surface area contributed by atoms with Gasteiger partial charge in [0.05, 0.1) is 0 Å². The molecule has 1 atom stereocenters. The zero-order chi connectivity index (χ0) is 19.3. The number of hydrogen-bond donors (Lipinski definition) is 1. The molecule has 1 N–H and O–H groups in total. The SMILES string of the molecule is CC(C)(C)OC(=O)N[C@@H](Cc1ccccc1)c1nnc(-c2ccccc2)o1. The van der Waals surface area contributed by atoms with Gasteiger partial charge in [-0.25, -0.2) is 4.79 Å². The van der Waals surface area contributed by atoms with Gasteiger partial charge in [-0.3, -0.25) is 0 Å². The summed E-state index contributed by atoms with van der Waals surface area (Å²) in [6.07, 6.45) is -0.0147. The Balaban J connectivity index is 1.83. The Morgan fingerprint density at radius 3 is 2.30 bits per heavy atom. The van der Waals surface area contributed by atoms with Crippen molar-refractivity contribution >= 4 is 6.09 Å². The van der Waals surface area contributed by atoms with Gasteiger partial charge in [0.2, 0.25) is 11.8 Å². The lowest BCUT2D eigenvalue weighted by Crippen LogP contribution is -2.36. The lowest BCUT2D eigenvalue weighted by atomic mass is 10.1. The number of nitrogens with one attached hydrogen (secondary N) is 1. The zero-order valence-corrected chi connectivity index (χ0v) is 15.7. The summed E-state index contributed by atoms with van der Waals surface area (Å²) in [5, 5.41) is 11.1. The number of alkyl carbamates (subject to hydrolysis) is 1. The Hall–Kier alpha value is -3.15. The predicted molar refractivity (Wildman–Crippen MR) is 102 cm³/mol. The number of benzene rings is 2. The molecular formula is C21H23N3O3. The molecular weight excluding hydrogens is 342 g/mol. The van der Waals surface area contributed by atoms with Crippen LogP contribution in [0.3, 0.4) is 0 Å². The summed E-state index contributed by atoms with van der Waals surface area (Å²) in [5.74, 6) is 0.748. The molecule has 0 spiro atoms. The van der Waals surface area contributed by atoms with E-state index < -0.39 is 17.7 Å². The summed E-state index contributed by atoms with van der Waals surface area (Å²) in [7, 11) is 0. The van der Waals surface area contributed by atoms with Gasteiger partial charge in [-0.05, 0) is 38.5 Å². The lowest BCUT2D eigenvalue weighted by molar-refractivity contribution is 0.0495. The molecule has 0 aliphatic heterocycles. The molecule has 0 unspecified atom stereocenters. The van der Waals surface area contributed by atoms with E-state index >= 15 is 0 Å². The third-order valence-electron chi connectivity index (χ3n) is 3.73. The molecule has 0 fully saturated rings. The molecule has 6 nitrogen and oxygen atoms in total. The Morgan fingerprint density at radius 1 is 1.04 bits per heavy atom. The second kappa shape index (κ2) is 8.03. The first-order valence-electron chi connectivity index (χ1n) is 8.83. The van der Waals surface area contributed by atoms with E-state index in [9.17, 15) is 4.79 Å². The van der Waals surface area contributed by atoms with Crippen molar-refractivity contribution in [3.8, 4) is 11.5 Å². The van der Waals surface area contributed by atoms with Crippen LogP contribution in [0, 0.1) is 0 Å². The number of rotatable bonds is 5. The largest absolute Gasteiger partial charge is 0.444 e. The number of nitrogens with zero attached hydrogens (tertiary/aromatic N) is 2. The number of amides is 1. The van der Waals surface area contributed by atoms with E-state index in [0.29, 0.717) is 18.2 Å². The maximum Gasteiger partial charge on any atom is 0.408 e. The fraction of sp³-hybridized carbons (Fsp3) is 0.286. The summed E-state index contributed by atoms with van der Waals surface area (Å²) >= 11 is 0. The Bertz CT molecular complexity index is 870. The minimum Gasteiger partial charge on any atom is -0.444 e. The van der Waals surface area contributed by atoms with Crippen LogP contribution in [-0.2, 0) is 11.2 Å². The van der Waals surface area contributed by atoms with Crippen LogP contribution in [0.1, 0.15) is 38.3 Å². The van der Waals surface area contributed by atoms with Gasteiger partial charge in [0.15, 0.2) is 0 Å². The van der Waals surface area contributed by atoms with Gasteiger partial charge in [0.1, 0.15) is 11.6 Å². The van der Waals surface area contributed by atoms with Crippen LogP contribution in [0.4, 0.5) is 4.79 Å². The van der Waals surface area contributed by atoms with Gasteiger partial charge in [-0.1, -0.05) is 48.5 Å². The zero-order valence-electron chi connectivity index (χ0n) is 15.7. The topological polar surface area (TPSA) is 77.2 Å². The highest BCUT2D eigenvalue weighted by atomic mass is 16.6. The maximum absolute atomic E-state index is 12.3. The standard InChI is InChI=1S/C21H23N3O3/c1-21(2,3)27-20(25)22-17(14-15-10-6-4-7-11-15)19-24-23-18(26-19)16-12-8-5-9-13-16/h4-13,17H,14H2,1-3H3,(H,22,25)/t17-/m0/s1. The molecule has 3 aromatic rings. The van der Waals surface area contributed by atoms with E-state index in [1.165, 1.54) is 0 Å². The molecule has 0 saturated heterocycles. The minimum absolute atomic E-state index is 0.337. The van der Waals surface area contributed by atoms with E-state index in [1.807, 2.05) is 81.4 Å². The number of carbonyl (C=O) groups excluding carboxylic acids is 1. The van der Waals surface area contributed by atoms with Crippen LogP contribution in [-0.4, -0.2) is 21.9 Å². The van der Waals surface area contributed by atoms with E-state index in [-0.39, 0.29) is 0 Å². The molecule has 0 radical (unpaired) electrons. The average molecular weight is 365 g/mol. The fourth-order valence-electron chi connectivity index (χ4n) is 2.57. The van der Waals surface area contributed by atoms with Crippen molar-refractivity contribution in [1.29, 1.82) is 0 Å². The van der Waals surface area contributed by atoms with Crippen molar-refractivity contribution in [1.82, 2.24) is 15.5 Å². The summed E-state index contributed by atoms with van der Waals surface area (Å²) < 4.78 is 11.2. The molecule has 0 saturated carbocycles. The maximum atomic E-state index is 12.3. The van der Waals surface area contributed by atoms with E-state index in [0.717, 1.165) is 11.1 Å². The predicted octanol–water partition coefficient (Wildman–Crippen LogP) is 4.55. The minimum atomic E-state index is -0.592. The molecule has 1 heterocycles. The molecule has 27 heavy (non-hydrogen) atoms. The molecule has 3 rings (SSSR count). The molecule has 0 aliphatic carbocycles. The second-order valence-electron chi connectivity index (χ2n) is 7.20. The molecule has 6 heteroatoms. The normalized spacial score (nSPS) is 12.4. The van der Waals surface area contributed by atoms with Gasteiger partial charge in [-0.2, -0.15) is 0 Å². The van der Waals surface area contributed by atoms with Crippen LogP contribution in [0.25, 0.3) is 11.5 Å². The van der Waals surface area contributed by atoms with Crippen LogP contribution < -0.4 is 5.32 Å². The summed E-state index contributed by atoms with van der Waals surface area (Å²) in [6, 6.07) is 18.8. The van der Waals surface area contributed by atoms with Crippen molar-refractivity contribution < 1.29 is 13.9 Å². The summed E-state index contributed by atoms with van der Waals surface area (Å²) in [4.78, 5) is 12.3. The van der Waals surface area contributed by atoms with E-state index in [1.54, 1.807) is 0 Å². The molecule has 140 valence electrons. The van der Waals surface area contributed by atoms with Crippen molar-refractivity contribution in [2.75, 3.05) is 0 Å². The molecule has 2 aromatic carbocycles. The van der Waals surface area contributed by atoms with Gasteiger partial charge in [-0.15, -0.1) is 10.2 Å². The highest BCUT2D eigenvalue weighted by Gasteiger charge is 2.25. The van der Waals surface area contributed by atoms with Crippen molar-refractivity contribution in [3.63, 3.8) is 0 Å². The van der Waals surface area contributed by atoms with E-state index in [2.05, 4.69) is 15.5 Å². The van der Waals surface area contributed by atoms with Crippen molar-refractivity contribution in [3.05, 3.63) is 72.1 Å². The smallest absolute Gasteiger partial charge is 0.408 e. The quantitative estimate of drug-likeness (QED) is 0.718. The highest BCUT2D eigenvalue weighted by molar-refractivity contribution is 5.68. The van der Waals surface area contributed by atoms with Crippen LogP contribution in [0.15, 0.2) is 65.1 Å². The average Bonchev–Trinajstić information content (AvgIpc) is 3.11. The van der Waals surface area contributed by atoms with Crippen LogP contribution >= 0.6 is 0 Å². The second-order valence-corrected chi connectivity index (χ2v) is 7.20. The molecule has 0 aliphatic rings. The first-order valence-corrected chi connectivity index (χ1v) is 8.83. The number of hydrogen-bond acceptors (Lipinski definition) is 5. The van der Waals surface area contributed by atoms with Gasteiger partial charge < -0.3 is 14.5 Å². The van der Waals surface area contributed by atoms with Crippen LogP contribution in [0.5, 0.6) is 0 Å². The third-order valence-corrected chi connectivity index (χ3v) is 3.73. The Kier molecular flexibility index (Phi) is 5.54.